The van der Waals surface area contributed by atoms with Gasteiger partial charge in [-0.1, -0.05) is 0 Å². The fraction of sp³-hybridized carbons (Fsp3) is 0.385. The molecule has 0 aliphatic rings. The van der Waals surface area contributed by atoms with Crippen LogP contribution in [0, 0.1) is 6.92 Å². The van der Waals surface area contributed by atoms with E-state index < -0.39 is 5.97 Å². The first-order chi connectivity index (χ1) is 9.16. The van der Waals surface area contributed by atoms with Gasteiger partial charge in [0.1, 0.15) is 5.76 Å². The molecule has 0 saturated carbocycles. The third kappa shape index (κ3) is 3.69. The molecule has 0 spiro atoms. The Balaban J connectivity index is 1.72. The molecule has 102 valence electrons. The molecule has 0 amide bonds. The summed E-state index contributed by atoms with van der Waals surface area (Å²) in [4.78, 5) is 10.8. The highest BCUT2D eigenvalue weighted by molar-refractivity contribution is 5.84. The number of aromatic nitrogens is 2. The molecule has 0 bridgehead atoms. The van der Waals surface area contributed by atoms with Crippen LogP contribution in [-0.4, -0.2) is 27.4 Å². The summed E-state index contributed by atoms with van der Waals surface area (Å²) in [6.07, 6.45) is 4.65. The van der Waals surface area contributed by atoms with Crippen molar-refractivity contribution in [2.75, 3.05) is 6.54 Å². The smallest absolute Gasteiger partial charge is 0.371 e. The molecule has 19 heavy (non-hydrogen) atoms. The summed E-state index contributed by atoms with van der Waals surface area (Å²) in [7, 11) is 0. The van der Waals surface area contributed by atoms with Crippen LogP contribution >= 0.6 is 0 Å². The number of furan rings is 1. The standard InChI is InChI=1S/C13H17N3O3/c1-10-11(8-12(19-10)13(17)18)9-14-4-2-6-16-7-3-5-15-16/h3,5,7-8,14H,2,4,6,9H2,1H3,(H,17,18). The fourth-order valence-corrected chi connectivity index (χ4v) is 1.82. The van der Waals surface area contributed by atoms with Crippen molar-refractivity contribution in [3.63, 3.8) is 0 Å². The minimum Gasteiger partial charge on any atom is -0.475 e. The van der Waals surface area contributed by atoms with Gasteiger partial charge in [-0.3, -0.25) is 4.68 Å². The van der Waals surface area contributed by atoms with Gasteiger partial charge in [0.05, 0.1) is 0 Å². The van der Waals surface area contributed by atoms with Crippen molar-refractivity contribution >= 4 is 5.97 Å². The molecule has 0 unspecified atom stereocenters. The molecule has 0 atom stereocenters. The second-order valence-electron chi connectivity index (χ2n) is 4.30. The first-order valence-corrected chi connectivity index (χ1v) is 6.17. The van der Waals surface area contributed by atoms with Crippen molar-refractivity contribution in [2.24, 2.45) is 0 Å². The molecule has 0 radical (unpaired) electrons. The monoisotopic (exact) mass is 263 g/mol. The summed E-state index contributed by atoms with van der Waals surface area (Å²) in [5, 5.41) is 16.2. The van der Waals surface area contributed by atoms with E-state index in [2.05, 4.69) is 10.4 Å². The molecular formula is C13H17N3O3. The number of carbonyl (C=O) groups is 1. The second kappa shape index (κ2) is 6.19. The largest absolute Gasteiger partial charge is 0.475 e. The van der Waals surface area contributed by atoms with Crippen molar-refractivity contribution in [2.45, 2.75) is 26.4 Å². The summed E-state index contributed by atoms with van der Waals surface area (Å²) in [5.74, 6) is -0.393. The molecule has 2 heterocycles. The van der Waals surface area contributed by atoms with Crippen molar-refractivity contribution < 1.29 is 14.3 Å². The molecule has 2 aromatic heterocycles. The summed E-state index contributed by atoms with van der Waals surface area (Å²) < 4.78 is 7.02. The maximum absolute atomic E-state index is 10.8. The molecule has 6 heteroatoms. The molecule has 2 N–H and O–H groups in total. The van der Waals surface area contributed by atoms with E-state index in [1.54, 1.807) is 19.2 Å². The van der Waals surface area contributed by atoms with E-state index in [0.717, 1.165) is 25.1 Å². The maximum Gasteiger partial charge on any atom is 0.371 e. The Kier molecular flexibility index (Phi) is 4.35. The Labute approximate surface area is 111 Å². The number of aryl methyl sites for hydroxylation is 2. The van der Waals surface area contributed by atoms with E-state index in [-0.39, 0.29) is 5.76 Å². The molecule has 0 fully saturated rings. The number of carboxylic acids is 1. The van der Waals surface area contributed by atoms with Crippen molar-refractivity contribution in [3.05, 3.63) is 41.6 Å². The minimum atomic E-state index is -1.03. The lowest BCUT2D eigenvalue weighted by molar-refractivity contribution is 0.0661. The lowest BCUT2D eigenvalue weighted by Gasteiger charge is -2.04. The van der Waals surface area contributed by atoms with E-state index in [4.69, 9.17) is 9.52 Å². The second-order valence-corrected chi connectivity index (χ2v) is 4.30. The number of nitrogens with one attached hydrogen (secondary N) is 1. The van der Waals surface area contributed by atoms with Crippen molar-refractivity contribution in [3.8, 4) is 0 Å². The molecule has 0 saturated heterocycles. The first kappa shape index (κ1) is 13.4. The number of rotatable bonds is 7. The van der Waals surface area contributed by atoms with Gasteiger partial charge in [0.15, 0.2) is 0 Å². The zero-order valence-corrected chi connectivity index (χ0v) is 10.8. The maximum atomic E-state index is 10.8. The van der Waals surface area contributed by atoms with Gasteiger partial charge < -0.3 is 14.8 Å². The van der Waals surface area contributed by atoms with Crippen LogP contribution in [0.5, 0.6) is 0 Å². The number of aromatic carboxylic acids is 1. The number of nitrogens with zero attached hydrogens (tertiary/aromatic N) is 2. The Morgan fingerprint density at radius 3 is 3.05 bits per heavy atom. The van der Waals surface area contributed by atoms with E-state index in [1.807, 2.05) is 16.9 Å². The van der Waals surface area contributed by atoms with Crippen molar-refractivity contribution in [1.29, 1.82) is 0 Å². The molecule has 6 nitrogen and oxygen atoms in total. The Bertz CT molecular complexity index is 531. The van der Waals surface area contributed by atoms with E-state index in [9.17, 15) is 4.79 Å². The van der Waals surface area contributed by atoms with Gasteiger partial charge >= 0.3 is 5.97 Å². The van der Waals surface area contributed by atoms with Crippen LogP contribution in [0.1, 0.15) is 28.3 Å². The first-order valence-electron chi connectivity index (χ1n) is 6.17. The quantitative estimate of drug-likeness (QED) is 0.743. The fourth-order valence-electron chi connectivity index (χ4n) is 1.82. The van der Waals surface area contributed by atoms with Crippen LogP contribution in [-0.2, 0) is 13.1 Å². The number of hydrogen-bond donors (Lipinski definition) is 2. The Morgan fingerprint density at radius 2 is 2.42 bits per heavy atom. The highest BCUT2D eigenvalue weighted by atomic mass is 16.4. The van der Waals surface area contributed by atoms with E-state index in [1.165, 1.54) is 0 Å². The Morgan fingerprint density at radius 1 is 1.58 bits per heavy atom. The van der Waals surface area contributed by atoms with Crippen LogP contribution in [0.25, 0.3) is 0 Å². The summed E-state index contributed by atoms with van der Waals surface area (Å²) >= 11 is 0. The molecule has 2 rings (SSSR count). The zero-order chi connectivity index (χ0) is 13.7. The SMILES string of the molecule is Cc1oc(C(=O)O)cc1CNCCCn1cccn1. The number of hydrogen-bond acceptors (Lipinski definition) is 4. The zero-order valence-electron chi connectivity index (χ0n) is 10.8. The predicted molar refractivity (Wildman–Crippen MR) is 69.0 cm³/mol. The van der Waals surface area contributed by atoms with E-state index >= 15 is 0 Å². The lowest BCUT2D eigenvalue weighted by atomic mass is 10.2. The van der Waals surface area contributed by atoms with Gasteiger partial charge in [0.25, 0.3) is 0 Å². The molecule has 0 aromatic carbocycles. The Hall–Kier alpha value is -2.08. The molecule has 2 aromatic rings. The third-order valence-corrected chi connectivity index (χ3v) is 2.85. The van der Waals surface area contributed by atoms with Gasteiger partial charge in [-0.15, -0.1) is 0 Å². The normalized spacial score (nSPS) is 10.8. The summed E-state index contributed by atoms with van der Waals surface area (Å²) in [6.45, 7) is 4.09. The van der Waals surface area contributed by atoms with Gasteiger partial charge in [-0.25, -0.2) is 4.79 Å². The minimum absolute atomic E-state index is 0.00848. The average molecular weight is 263 g/mol. The molecular weight excluding hydrogens is 246 g/mol. The highest BCUT2D eigenvalue weighted by Gasteiger charge is 2.12. The van der Waals surface area contributed by atoms with Crippen LogP contribution in [0.3, 0.4) is 0 Å². The van der Waals surface area contributed by atoms with Gasteiger partial charge in [-0.05, 0) is 32.0 Å². The van der Waals surface area contributed by atoms with Crippen LogP contribution < -0.4 is 5.32 Å². The summed E-state index contributed by atoms with van der Waals surface area (Å²) in [5.41, 5.74) is 0.886. The lowest BCUT2D eigenvalue weighted by Crippen LogP contribution is -2.16. The topological polar surface area (TPSA) is 80.3 Å². The highest BCUT2D eigenvalue weighted by Crippen LogP contribution is 2.14. The van der Waals surface area contributed by atoms with Crippen molar-refractivity contribution in [1.82, 2.24) is 15.1 Å². The molecule has 0 aliphatic carbocycles. The van der Waals surface area contributed by atoms with Crippen LogP contribution in [0.4, 0.5) is 0 Å². The van der Waals surface area contributed by atoms with Crippen LogP contribution in [0.15, 0.2) is 28.9 Å². The van der Waals surface area contributed by atoms with Gasteiger partial charge in [0.2, 0.25) is 5.76 Å². The van der Waals surface area contributed by atoms with Crippen LogP contribution in [0.2, 0.25) is 0 Å². The number of carboxylic acid groups (broad SMARTS) is 1. The molecule has 0 aliphatic heterocycles. The third-order valence-electron chi connectivity index (χ3n) is 2.85. The average Bonchev–Trinajstić information content (AvgIpc) is 2.99. The predicted octanol–water partition coefficient (Wildman–Crippen LogP) is 1.66. The van der Waals surface area contributed by atoms with E-state index in [0.29, 0.717) is 12.3 Å². The summed E-state index contributed by atoms with van der Waals surface area (Å²) in [6, 6.07) is 3.47. The van der Waals surface area contributed by atoms with Gasteiger partial charge in [-0.2, -0.15) is 5.10 Å². The van der Waals surface area contributed by atoms with Gasteiger partial charge in [0, 0.05) is 31.0 Å².